The van der Waals surface area contributed by atoms with Crippen LogP contribution in [0.3, 0.4) is 0 Å². The number of rotatable bonds is 3. The Balaban J connectivity index is 3.03. The third-order valence-electron chi connectivity index (χ3n) is 2.11. The lowest BCUT2D eigenvalue weighted by Crippen LogP contribution is -2.20. The molecular formula is C10H13BrO2S. The predicted octanol–water partition coefficient (Wildman–Crippen LogP) is 3.57. The van der Waals surface area contributed by atoms with E-state index in [4.69, 9.17) is 5.11 Å². The van der Waals surface area contributed by atoms with Gasteiger partial charge < -0.3 is 5.11 Å². The first-order valence-corrected chi connectivity index (χ1v) is 5.97. The first-order valence-electron chi connectivity index (χ1n) is 4.30. The molecule has 0 aliphatic heterocycles. The molecule has 0 aromatic carbocycles. The molecular weight excluding hydrogens is 264 g/mol. The van der Waals surface area contributed by atoms with Crippen molar-refractivity contribution in [3.8, 4) is 0 Å². The van der Waals surface area contributed by atoms with Crippen LogP contribution in [0.4, 0.5) is 0 Å². The Bertz CT molecular complexity index is 355. The fraction of sp³-hybridized carbons (Fsp3) is 0.500. The number of aryl methyl sites for hydroxylation is 1. The van der Waals surface area contributed by atoms with Gasteiger partial charge in [0.05, 0.1) is 6.42 Å². The highest BCUT2D eigenvalue weighted by Crippen LogP contribution is 2.39. The second-order valence-electron chi connectivity index (χ2n) is 4.02. The van der Waals surface area contributed by atoms with Crippen molar-refractivity contribution in [2.45, 2.75) is 32.6 Å². The van der Waals surface area contributed by atoms with Gasteiger partial charge in [-0.2, -0.15) is 0 Å². The van der Waals surface area contributed by atoms with Crippen molar-refractivity contribution in [2.24, 2.45) is 0 Å². The summed E-state index contributed by atoms with van der Waals surface area (Å²) in [6.07, 6.45) is 0.158. The van der Waals surface area contributed by atoms with E-state index in [2.05, 4.69) is 15.9 Å². The summed E-state index contributed by atoms with van der Waals surface area (Å²) in [4.78, 5) is 11.8. The Hall–Kier alpha value is -0.350. The molecule has 2 nitrogen and oxygen atoms in total. The van der Waals surface area contributed by atoms with E-state index in [0.717, 1.165) is 9.35 Å². The molecule has 0 atom stereocenters. The standard InChI is InChI=1S/C10H13BrO2S/c1-6-5-14-9(8(6)11)10(2,3)4-7(12)13/h5H,4H2,1-3H3,(H,12,13). The maximum absolute atomic E-state index is 10.7. The van der Waals surface area contributed by atoms with E-state index < -0.39 is 5.97 Å². The Labute approximate surface area is 96.1 Å². The topological polar surface area (TPSA) is 37.3 Å². The number of carbonyl (C=O) groups is 1. The van der Waals surface area contributed by atoms with Crippen LogP contribution in [0.25, 0.3) is 0 Å². The number of carboxylic acid groups (broad SMARTS) is 1. The Morgan fingerprint density at radius 2 is 2.21 bits per heavy atom. The van der Waals surface area contributed by atoms with Crippen LogP contribution in [0.5, 0.6) is 0 Å². The van der Waals surface area contributed by atoms with Gasteiger partial charge in [-0.15, -0.1) is 11.3 Å². The molecule has 78 valence electrons. The minimum Gasteiger partial charge on any atom is -0.481 e. The lowest BCUT2D eigenvalue weighted by Gasteiger charge is -2.21. The van der Waals surface area contributed by atoms with Crippen LogP contribution >= 0.6 is 27.3 Å². The van der Waals surface area contributed by atoms with Crippen LogP contribution < -0.4 is 0 Å². The highest BCUT2D eigenvalue weighted by molar-refractivity contribution is 9.10. The molecule has 1 N–H and O–H groups in total. The fourth-order valence-electron chi connectivity index (χ4n) is 1.34. The summed E-state index contributed by atoms with van der Waals surface area (Å²) in [6.45, 7) is 5.93. The van der Waals surface area contributed by atoms with Gasteiger partial charge in [0.15, 0.2) is 0 Å². The normalized spacial score (nSPS) is 11.7. The molecule has 0 unspecified atom stereocenters. The average molecular weight is 277 g/mol. The minimum absolute atomic E-state index is 0.158. The molecule has 1 heterocycles. The summed E-state index contributed by atoms with van der Waals surface area (Å²) in [6, 6.07) is 0. The number of hydrogen-bond acceptors (Lipinski definition) is 2. The zero-order chi connectivity index (χ0) is 10.9. The van der Waals surface area contributed by atoms with E-state index in [1.807, 2.05) is 26.2 Å². The Morgan fingerprint density at radius 3 is 2.57 bits per heavy atom. The van der Waals surface area contributed by atoms with Gasteiger partial charge in [0.1, 0.15) is 0 Å². The summed E-state index contributed by atoms with van der Waals surface area (Å²) < 4.78 is 1.05. The molecule has 1 rings (SSSR count). The first kappa shape index (κ1) is 11.7. The van der Waals surface area contributed by atoms with Gasteiger partial charge in [0.2, 0.25) is 0 Å². The summed E-state index contributed by atoms with van der Waals surface area (Å²) in [7, 11) is 0. The van der Waals surface area contributed by atoms with Gasteiger partial charge in [-0.1, -0.05) is 13.8 Å². The molecule has 0 saturated carbocycles. The molecule has 1 aromatic heterocycles. The molecule has 0 bridgehead atoms. The maximum atomic E-state index is 10.7. The van der Waals surface area contributed by atoms with E-state index in [9.17, 15) is 4.79 Å². The summed E-state index contributed by atoms with van der Waals surface area (Å²) >= 11 is 5.11. The smallest absolute Gasteiger partial charge is 0.304 e. The predicted molar refractivity (Wildman–Crippen MR) is 62.0 cm³/mol. The lowest BCUT2D eigenvalue weighted by atomic mass is 9.87. The van der Waals surface area contributed by atoms with E-state index in [0.29, 0.717) is 0 Å². The van der Waals surface area contributed by atoms with Crippen LogP contribution in [-0.4, -0.2) is 11.1 Å². The van der Waals surface area contributed by atoms with Crippen molar-refractivity contribution in [3.63, 3.8) is 0 Å². The third kappa shape index (κ3) is 2.36. The number of carboxylic acids is 1. The molecule has 0 aliphatic rings. The van der Waals surface area contributed by atoms with Crippen LogP contribution in [0.15, 0.2) is 9.85 Å². The van der Waals surface area contributed by atoms with Gasteiger partial charge in [-0.3, -0.25) is 4.79 Å². The third-order valence-corrected chi connectivity index (χ3v) is 4.86. The quantitative estimate of drug-likeness (QED) is 0.917. The molecule has 0 spiro atoms. The molecule has 14 heavy (non-hydrogen) atoms. The van der Waals surface area contributed by atoms with Gasteiger partial charge in [-0.25, -0.2) is 0 Å². The number of thiophene rings is 1. The van der Waals surface area contributed by atoms with Gasteiger partial charge in [-0.05, 0) is 33.8 Å². The second kappa shape index (κ2) is 4.03. The van der Waals surface area contributed by atoms with Gasteiger partial charge in [0, 0.05) is 14.8 Å². The molecule has 0 radical (unpaired) electrons. The van der Waals surface area contributed by atoms with Crippen LogP contribution in [0.2, 0.25) is 0 Å². The van der Waals surface area contributed by atoms with E-state index in [1.54, 1.807) is 11.3 Å². The summed E-state index contributed by atoms with van der Waals surface area (Å²) in [5, 5.41) is 10.8. The molecule has 0 fully saturated rings. The van der Waals surface area contributed by atoms with Crippen molar-refractivity contribution < 1.29 is 9.90 Å². The van der Waals surface area contributed by atoms with Gasteiger partial charge >= 0.3 is 5.97 Å². The van der Waals surface area contributed by atoms with Crippen molar-refractivity contribution >= 4 is 33.2 Å². The highest BCUT2D eigenvalue weighted by Gasteiger charge is 2.28. The van der Waals surface area contributed by atoms with Gasteiger partial charge in [0.25, 0.3) is 0 Å². The minimum atomic E-state index is -0.757. The Kier molecular flexibility index (Phi) is 3.37. The zero-order valence-electron chi connectivity index (χ0n) is 8.43. The van der Waals surface area contributed by atoms with Crippen molar-refractivity contribution in [1.82, 2.24) is 0 Å². The van der Waals surface area contributed by atoms with Crippen LogP contribution in [0, 0.1) is 6.92 Å². The van der Waals surface area contributed by atoms with Crippen molar-refractivity contribution in [1.29, 1.82) is 0 Å². The second-order valence-corrected chi connectivity index (χ2v) is 5.69. The highest BCUT2D eigenvalue weighted by atomic mass is 79.9. The van der Waals surface area contributed by atoms with Crippen molar-refractivity contribution in [3.05, 3.63) is 20.3 Å². The SMILES string of the molecule is Cc1csc(C(C)(C)CC(=O)O)c1Br. The first-order chi connectivity index (χ1) is 6.34. The average Bonchev–Trinajstić information content (AvgIpc) is 2.30. The fourth-order valence-corrected chi connectivity index (χ4v) is 3.50. The monoisotopic (exact) mass is 276 g/mol. The van der Waals surface area contributed by atoms with Crippen LogP contribution in [-0.2, 0) is 10.2 Å². The van der Waals surface area contributed by atoms with E-state index in [1.165, 1.54) is 5.56 Å². The van der Waals surface area contributed by atoms with E-state index in [-0.39, 0.29) is 11.8 Å². The molecule has 0 aliphatic carbocycles. The molecule has 1 aromatic rings. The number of halogens is 1. The summed E-state index contributed by atoms with van der Waals surface area (Å²) in [5.41, 5.74) is 0.868. The molecule has 0 amide bonds. The Morgan fingerprint density at radius 1 is 1.64 bits per heavy atom. The largest absolute Gasteiger partial charge is 0.481 e. The van der Waals surface area contributed by atoms with Crippen LogP contribution in [0.1, 0.15) is 30.7 Å². The summed E-state index contributed by atoms with van der Waals surface area (Å²) in [5.74, 6) is -0.757. The lowest BCUT2D eigenvalue weighted by molar-refractivity contribution is -0.138. The number of aliphatic carboxylic acids is 1. The molecule has 4 heteroatoms. The van der Waals surface area contributed by atoms with E-state index >= 15 is 0 Å². The zero-order valence-corrected chi connectivity index (χ0v) is 10.8. The maximum Gasteiger partial charge on any atom is 0.304 e. The molecule has 0 saturated heterocycles. The number of hydrogen-bond donors (Lipinski definition) is 1. The van der Waals surface area contributed by atoms with Crippen molar-refractivity contribution in [2.75, 3.05) is 0 Å².